The minimum Gasteiger partial charge on any atom is -0.337 e. The Labute approximate surface area is 126 Å². The first-order valence-corrected chi connectivity index (χ1v) is 7.03. The van der Waals surface area contributed by atoms with Gasteiger partial charge >= 0.3 is 0 Å². The molecule has 0 atom stereocenters. The Hall–Kier alpha value is -1.68. The number of halogens is 2. The number of hydrogen-bond acceptors (Lipinski definition) is 1. The molecule has 0 bridgehead atoms. The summed E-state index contributed by atoms with van der Waals surface area (Å²) in [5, 5.41) is 0. The van der Waals surface area contributed by atoms with Crippen LogP contribution in [0.5, 0.6) is 0 Å². The molecule has 0 saturated heterocycles. The van der Waals surface area contributed by atoms with Crippen molar-refractivity contribution in [1.82, 2.24) is 4.90 Å². The highest BCUT2D eigenvalue weighted by Gasteiger charge is 2.13. The summed E-state index contributed by atoms with van der Waals surface area (Å²) in [5.74, 6) is -0.333. The van der Waals surface area contributed by atoms with Crippen LogP contribution in [0.15, 0.2) is 46.9 Å². The van der Waals surface area contributed by atoms with Crippen molar-refractivity contribution in [1.29, 1.82) is 0 Å². The summed E-state index contributed by atoms with van der Waals surface area (Å²) in [4.78, 5) is 13.9. The first-order chi connectivity index (χ1) is 9.47. The van der Waals surface area contributed by atoms with E-state index in [1.165, 1.54) is 12.1 Å². The van der Waals surface area contributed by atoms with Crippen LogP contribution in [0.25, 0.3) is 0 Å². The fourth-order valence-corrected chi connectivity index (χ4v) is 2.26. The first kappa shape index (κ1) is 14.7. The Morgan fingerprint density at radius 1 is 1.20 bits per heavy atom. The summed E-state index contributed by atoms with van der Waals surface area (Å²) in [6.07, 6.45) is 0. The van der Waals surface area contributed by atoms with Crippen molar-refractivity contribution in [3.05, 3.63) is 69.4 Å². The van der Waals surface area contributed by atoms with Crippen molar-refractivity contribution < 1.29 is 9.18 Å². The van der Waals surface area contributed by atoms with Gasteiger partial charge in [-0.1, -0.05) is 34.1 Å². The summed E-state index contributed by atoms with van der Waals surface area (Å²) < 4.78 is 13.8. The molecule has 0 unspecified atom stereocenters. The molecule has 0 spiro atoms. The van der Waals surface area contributed by atoms with Crippen molar-refractivity contribution in [3.63, 3.8) is 0 Å². The molecule has 2 aromatic carbocycles. The van der Waals surface area contributed by atoms with Crippen molar-refractivity contribution >= 4 is 21.8 Å². The summed E-state index contributed by atoms with van der Waals surface area (Å²) in [7, 11) is 1.74. The van der Waals surface area contributed by atoms with Crippen LogP contribution in [0.2, 0.25) is 0 Å². The van der Waals surface area contributed by atoms with Crippen LogP contribution in [0, 0.1) is 12.7 Å². The van der Waals surface area contributed by atoms with Crippen molar-refractivity contribution in [2.24, 2.45) is 0 Å². The van der Waals surface area contributed by atoms with Crippen LogP contribution in [0.1, 0.15) is 21.5 Å². The molecule has 2 nitrogen and oxygen atoms in total. The second kappa shape index (κ2) is 6.18. The van der Waals surface area contributed by atoms with E-state index in [-0.39, 0.29) is 11.7 Å². The van der Waals surface area contributed by atoms with Gasteiger partial charge in [-0.25, -0.2) is 4.39 Å². The zero-order valence-corrected chi connectivity index (χ0v) is 12.9. The van der Waals surface area contributed by atoms with Crippen LogP contribution in [-0.2, 0) is 6.54 Å². The van der Waals surface area contributed by atoms with Crippen LogP contribution in [0.4, 0.5) is 4.39 Å². The molecule has 0 radical (unpaired) electrons. The normalized spacial score (nSPS) is 10.4. The number of carbonyl (C=O) groups is 1. The molecule has 20 heavy (non-hydrogen) atoms. The lowest BCUT2D eigenvalue weighted by Gasteiger charge is -2.17. The van der Waals surface area contributed by atoms with Crippen molar-refractivity contribution in [2.75, 3.05) is 7.05 Å². The maximum Gasteiger partial charge on any atom is 0.253 e. The van der Waals surface area contributed by atoms with Crippen LogP contribution >= 0.6 is 15.9 Å². The molecule has 104 valence electrons. The fourth-order valence-electron chi connectivity index (χ4n) is 1.88. The van der Waals surface area contributed by atoms with E-state index < -0.39 is 0 Å². The van der Waals surface area contributed by atoms with Gasteiger partial charge in [0.15, 0.2) is 0 Å². The molecular formula is C16H15BrFNO. The molecule has 0 aliphatic carbocycles. The smallest absolute Gasteiger partial charge is 0.253 e. The third-order valence-corrected chi connectivity index (χ3v) is 3.95. The predicted octanol–water partition coefficient (Wildman–Crippen LogP) is 4.17. The van der Waals surface area contributed by atoms with E-state index in [0.29, 0.717) is 12.1 Å². The highest BCUT2D eigenvalue weighted by Crippen LogP contribution is 2.19. The minimum absolute atomic E-state index is 0.0602. The molecule has 0 saturated carbocycles. The SMILES string of the molecule is Cc1ccc(C(=O)N(C)Cc2ccc(F)cc2)cc1Br. The summed E-state index contributed by atoms with van der Waals surface area (Å²) in [6.45, 7) is 2.42. The van der Waals surface area contributed by atoms with E-state index in [4.69, 9.17) is 0 Å². The number of benzene rings is 2. The van der Waals surface area contributed by atoms with Gasteiger partial charge in [0, 0.05) is 23.6 Å². The molecule has 4 heteroatoms. The number of hydrogen-bond donors (Lipinski definition) is 0. The third kappa shape index (κ3) is 3.45. The van der Waals surface area contributed by atoms with Gasteiger partial charge in [0.2, 0.25) is 0 Å². The van der Waals surface area contributed by atoms with E-state index in [9.17, 15) is 9.18 Å². The predicted molar refractivity (Wildman–Crippen MR) is 81.1 cm³/mol. The van der Waals surface area contributed by atoms with E-state index in [2.05, 4.69) is 15.9 Å². The Kier molecular flexibility index (Phi) is 4.55. The molecule has 0 heterocycles. The van der Waals surface area contributed by atoms with Crippen molar-refractivity contribution in [2.45, 2.75) is 13.5 Å². The molecule has 0 aromatic heterocycles. The average molecular weight is 336 g/mol. The zero-order chi connectivity index (χ0) is 14.7. The fraction of sp³-hybridized carbons (Fsp3) is 0.188. The Bertz CT molecular complexity index is 625. The molecule has 0 aliphatic rings. The topological polar surface area (TPSA) is 20.3 Å². The second-order valence-corrected chi connectivity index (χ2v) is 5.61. The molecular weight excluding hydrogens is 321 g/mol. The third-order valence-electron chi connectivity index (χ3n) is 3.10. The maximum atomic E-state index is 12.8. The van der Waals surface area contributed by atoms with Gasteiger partial charge in [-0.3, -0.25) is 4.79 Å². The Morgan fingerprint density at radius 3 is 2.45 bits per heavy atom. The van der Waals surface area contributed by atoms with E-state index in [1.807, 2.05) is 25.1 Å². The van der Waals surface area contributed by atoms with Crippen LogP contribution in [0.3, 0.4) is 0 Å². The molecule has 0 N–H and O–H groups in total. The first-order valence-electron chi connectivity index (χ1n) is 6.23. The maximum absolute atomic E-state index is 12.8. The Balaban J connectivity index is 2.11. The number of rotatable bonds is 3. The average Bonchev–Trinajstić information content (AvgIpc) is 2.43. The minimum atomic E-state index is -0.273. The molecule has 2 aromatic rings. The van der Waals surface area contributed by atoms with Crippen LogP contribution < -0.4 is 0 Å². The highest BCUT2D eigenvalue weighted by atomic mass is 79.9. The molecule has 2 rings (SSSR count). The summed E-state index contributed by atoms with van der Waals surface area (Å²) >= 11 is 3.43. The molecule has 1 amide bonds. The van der Waals surface area contributed by atoms with E-state index >= 15 is 0 Å². The lowest BCUT2D eigenvalue weighted by molar-refractivity contribution is 0.0785. The van der Waals surface area contributed by atoms with E-state index in [1.54, 1.807) is 24.1 Å². The second-order valence-electron chi connectivity index (χ2n) is 4.75. The van der Waals surface area contributed by atoms with Gasteiger partial charge in [-0.15, -0.1) is 0 Å². The largest absolute Gasteiger partial charge is 0.337 e. The van der Waals surface area contributed by atoms with Gasteiger partial charge in [-0.05, 0) is 42.3 Å². The monoisotopic (exact) mass is 335 g/mol. The van der Waals surface area contributed by atoms with Gasteiger partial charge in [-0.2, -0.15) is 0 Å². The number of nitrogens with zero attached hydrogens (tertiary/aromatic N) is 1. The van der Waals surface area contributed by atoms with E-state index in [0.717, 1.165) is 15.6 Å². The Morgan fingerprint density at radius 2 is 1.85 bits per heavy atom. The standard InChI is InChI=1S/C16H15BrFNO/c1-11-3-6-13(9-15(11)17)16(20)19(2)10-12-4-7-14(18)8-5-12/h3-9H,10H2,1-2H3. The number of aryl methyl sites for hydroxylation is 1. The highest BCUT2D eigenvalue weighted by molar-refractivity contribution is 9.10. The molecule has 0 aliphatic heterocycles. The van der Waals surface area contributed by atoms with Gasteiger partial charge in [0.25, 0.3) is 5.91 Å². The lowest BCUT2D eigenvalue weighted by Crippen LogP contribution is -2.26. The lowest BCUT2D eigenvalue weighted by atomic mass is 10.1. The van der Waals surface area contributed by atoms with Crippen LogP contribution in [-0.4, -0.2) is 17.9 Å². The molecule has 0 fully saturated rings. The summed E-state index contributed by atoms with van der Waals surface area (Å²) in [6, 6.07) is 11.7. The summed E-state index contributed by atoms with van der Waals surface area (Å²) in [5.41, 5.74) is 2.61. The van der Waals surface area contributed by atoms with Gasteiger partial charge < -0.3 is 4.90 Å². The van der Waals surface area contributed by atoms with Gasteiger partial charge in [0.1, 0.15) is 5.82 Å². The quantitative estimate of drug-likeness (QED) is 0.824. The van der Waals surface area contributed by atoms with Crippen molar-refractivity contribution in [3.8, 4) is 0 Å². The number of carbonyl (C=O) groups excluding carboxylic acids is 1. The zero-order valence-electron chi connectivity index (χ0n) is 11.4. The number of amides is 1. The van der Waals surface area contributed by atoms with Gasteiger partial charge in [0.05, 0.1) is 0 Å².